The van der Waals surface area contributed by atoms with E-state index in [-0.39, 0.29) is 18.8 Å². The molecule has 2 aromatic rings. The van der Waals surface area contributed by atoms with Gasteiger partial charge >= 0.3 is 6.09 Å². The van der Waals surface area contributed by atoms with Crippen LogP contribution in [0.2, 0.25) is 5.02 Å². The molecule has 1 atom stereocenters. The lowest BCUT2D eigenvalue weighted by molar-refractivity contribution is 0.0515. The van der Waals surface area contributed by atoms with Crippen molar-refractivity contribution in [2.24, 2.45) is 5.92 Å². The number of amides is 1. The van der Waals surface area contributed by atoms with Crippen molar-refractivity contribution in [2.75, 3.05) is 38.4 Å². The molecule has 1 fully saturated rings. The van der Waals surface area contributed by atoms with Gasteiger partial charge in [-0.15, -0.1) is 10.2 Å². The predicted octanol–water partition coefficient (Wildman–Crippen LogP) is 3.00. The van der Waals surface area contributed by atoms with Crippen LogP contribution in [0, 0.1) is 5.92 Å². The van der Waals surface area contributed by atoms with Crippen LogP contribution in [0.25, 0.3) is 11.3 Å². The number of benzene rings is 1. The van der Waals surface area contributed by atoms with Crippen LogP contribution in [-0.2, 0) is 4.74 Å². The monoisotopic (exact) mass is 421 g/mol. The second-order valence-electron chi connectivity index (χ2n) is 7.07. The van der Waals surface area contributed by atoms with Crippen LogP contribution in [0.15, 0.2) is 24.4 Å². The molecule has 1 aromatic carbocycles. The van der Waals surface area contributed by atoms with Gasteiger partial charge in [-0.25, -0.2) is 9.78 Å². The Morgan fingerprint density at radius 2 is 2.14 bits per heavy atom. The first-order valence-electron chi connectivity index (χ1n) is 9.26. The maximum atomic E-state index is 11.5. The lowest BCUT2D eigenvalue weighted by atomic mass is 10.0. The Morgan fingerprint density at radius 3 is 2.76 bits per heavy atom. The molecule has 2 heterocycles. The zero-order valence-electron chi connectivity index (χ0n) is 16.6. The van der Waals surface area contributed by atoms with Crippen molar-refractivity contribution in [1.82, 2.24) is 20.1 Å². The number of hydrogen-bond acceptors (Lipinski definition) is 7. The van der Waals surface area contributed by atoms with E-state index in [1.165, 1.54) is 12.0 Å². The van der Waals surface area contributed by atoms with Crippen molar-refractivity contribution in [2.45, 2.75) is 19.9 Å². The molecule has 0 saturated carbocycles. The summed E-state index contributed by atoms with van der Waals surface area (Å²) in [5.41, 5.74) is 1.25. The van der Waals surface area contributed by atoms with Gasteiger partial charge in [-0.05, 0) is 24.1 Å². The summed E-state index contributed by atoms with van der Waals surface area (Å²) >= 11 is 6.06. The molecule has 0 unspecified atom stereocenters. The molecule has 9 nitrogen and oxygen atoms in total. The number of nitrogens with zero attached hydrogens (tertiary/aromatic N) is 5. The third kappa shape index (κ3) is 4.86. The average Bonchev–Trinajstić information content (AvgIpc) is 2.72. The molecule has 1 aliphatic heterocycles. The second-order valence-corrected chi connectivity index (χ2v) is 7.50. The van der Waals surface area contributed by atoms with E-state index in [4.69, 9.17) is 21.1 Å². The molecular weight excluding hydrogens is 398 g/mol. The Morgan fingerprint density at radius 1 is 1.34 bits per heavy atom. The maximum absolute atomic E-state index is 11.5. The van der Waals surface area contributed by atoms with Gasteiger partial charge in [0.1, 0.15) is 11.4 Å². The van der Waals surface area contributed by atoms with Gasteiger partial charge in [0.2, 0.25) is 5.95 Å². The number of ether oxygens (including phenoxy) is 2. The molecule has 1 aromatic heterocycles. The van der Waals surface area contributed by atoms with Crippen LogP contribution in [0.5, 0.6) is 5.75 Å². The number of carbonyl (C=O) groups is 1. The number of piperazine rings is 1. The van der Waals surface area contributed by atoms with E-state index in [0.29, 0.717) is 47.6 Å². The topological polar surface area (TPSA) is 101 Å². The molecule has 1 saturated heterocycles. The standard InChI is InChI=1S/C19H24ClN5O4/c1-12(2)16-10-24(6-7-25(16)19(26)27)18-21-9-15(22-23-18)14-5-4-13(20)8-17(14)29-11-28-3/h4-5,8-9,12,16H,6-7,10-11H2,1-3H3,(H,26,27)/t16-/m1/s1. The SMILES string of the molecule is COCOc1cc(Cl)ccc1-c1cnc(N2CCN(C(=O)O)[C@@H](C(C)C)C2)nn1. The van der Waals surface area contributed by atoms with Gasteiger partial charge in [-0.3, -0.25) is 0 Å². The highest BCUT2D eigenvalue weighted by molar-refractivity contribution is 6.30. The van der Waals surface area contributed by atoms with Gasteiger partial charge in [0, 0.05) is 37.3 Å². The fraction of sp³-hybridized carbons (Fsp3) is 0.474. The van der Waals surface area contributed by atoms with Crippen LogP contribution < -0.4 is 9.64 Å². The van der Waals surface area contributed by atoms with Gasteiger partial charge in [-0.1, -0.05) is 25.4 Å². The summed E-state index contributed by atoms with van der Waals surface area (Å²) in [6.45, 7) is 5.53. The highest BCUT2D eigenvalue weighted by atomic mass is 35.5. The van der Waals surface area contributed by atoms with Crippen LogP contribution in [0.1, 0.15) is 13.8 Å². The Labute approximate surface area is 174 Å². The van der Waals surface area contributed by atoms with Gasteiger partial charge in [0.25, 0.3) is 0 Å². The summed E-state index contributed by atoms with van der Waals surface area (Å²) in [4.78, 5) is 19.4. The quantitative estimate of drug-likeness (QED) is 0.710. The van der Waals surface area contributed by atoms with E-state index in [9.17, 15) is 9.90 Å². The molecule has 0 aliphatic carbocycles. The fourth-order valence-corrected chi connectivity index (χ4v) is 3.45. The Kier molecular flexibility index (Phi) is 6.71. The molecule has 1 N–H and O–H groups in total. The minimum atomic E-state index is -0.899. The number of aromatic nitrogens is 3. The van der Waals surface area contributed by atoms with Crippen LogP contribution in [0.3, 0.4) is 0 Å². The lowest BCUT2D eigenvalue weighted by Gasteiger charge is -2.41. The number of hydrogen-bond donors (Lipinski definition) is 1. The fourth-order valence-electron chi connectivity index (χ4n) is 3.29. The highest BCUT2D eigenvalue weighted by Gasteiger charge is 2.33. The Hall–Kier alpha value is -2.65. The first kappa shape index (κ1) is 21.1. The number of methoxy groups -OCH3 is 1. The first-order chi connectivity index (χ1) is 13.9. The molecule has 0 bridgehead atoms. The molecule has 0 radical (unpaired) electrons. The molecule has 3 rings (SSSR count). The van der Waals surface area contributed by atoms with Crippen molar-refractivity contribution >= 4 is 23.6 Å². The molecule has 1 amide bonds. The molecule has 0 spiro atoms. The second kappa shape index (κ2) is 9.23. The van der Waals surface area contributed by atoms with E-state index >= 15 is 0 Å². The van der Waals surface area contributed by atoms with Gasteiger partial charge in [-0.2, -0.15) is 0 Å². The third-order valence-electron chi connectivity index (χ3n) is 4.82. The van der Waals surface area contributed by atoms with Gasteiger partial charge < -0.3 is 24.4 Å². The van der Waals surface area contributed by atoms with Crippen LogP contribution >= 0.6 is 11.6 Å². The zero-order valence-corrected chi connectivity index (χ0v) is 17.3. The Bertz CT molecular complexity index is 849. The normalized spacial score (nSPS) is 16.9. The van der Waals surface area contributed by atoms with Crippen molar-refractivity contribution in [3.05, 3.63) is 29.4 Å². The largest absolute Gasteiger partial charge is 0.467 e. The van der Waals surface area contributed by atoms with Crippen molar-refractivity contribution < 1.29 is 19.4 Å². The number of anilines is 1. The molecule has 156 valence electrons. The minimum absolute atomic E-state index is 0.0801. The molecule has 1 aliphatic rings. The van der Waals surface area contributed by atoms with E-state index in [0.717, 1.165) is 0 Å². The summed E-state index contributed by atoms with van der Waals surface area (Å²) in [6.07, 6.45) is 0.725. The zero-order chi connectivity index (χ0) is 21.0. The molecule has 29 heavy (non-hydrogen) atoms. The average molecular weight is 422 g/mol. The number of halogens is 1. The van der Waals surface area contributed by atoms with Crippen molar-refractivity contribution in [3.63, 3.8) is 0 Å². The van der Waals surface area contributed by atoms with Gasteiger partial charge in [0.15, 0.2) is 6.79 Å². The van der Waals surface area contributed by atoms with E-state index < -0.39 is 6.09 Å². The highest BCUT2D eigenvalue weighted by Crippen LogP contribution is 2.31. The van der Waals surface area contributed by atoms with E-state index in [2.05, 4.69) is 15.2 Å². The van der Waals surface area contributed by atoms with Gasteiger partial charge in [0.05, 0.1) is 12.2 Å². The number of rotatable bonds is 6. The molecule has 10 heteroatoms. The van der Waals surface area contributed by atoms with Crippen molar-refractivity contribution in [3.8, 4) is 17.0 Å². The van der Waals surface area contributed by atoms with Crippen molar-refractivity contribution in [1.29, 1.82) is 0 Å². The summed E-state index contributed by atoms with van der Waals surface area (Å²) in [7, 11) is 1.54. The van der Waals surface area contributed by atoms with E-state index in [1.807, 2.05) is 18.7 Å². The maximum Gasteiger partial charge on any atom is 0.407 e. The smallest absolute Gasteiger partial charge is 0.407 e. The lowest BCUT2D eigenvalue weighted by Crippen LogP contribution is -2.57. The Balaban J connectivity index is 1.80. The summed E-state index contributed by atoms with van der Waals surface area (Å²) in [6, 6.07) is 5.09. The molecular formula is C19H24ClN5O4. The summed E-state index contributed by atoms with van der Waals surface area (Å²) in [5.74, 6) is 1.17. The van der Waals surface area contributed by atoms with Crippen LogP contribution in [0.4, 0.5) is 10.7 Å². The minimum Gasteiger partial charge on any atom is -0.467 e. The summed E-state index contributed by atoms with van der Waals surface area (Å²) < 4.78 is 10.5. The van der Waals surface area contributed by atoms with E-state index in [1.54, 1.807) is 24.4 Å². The predicted molar refractivity (Wildman–Crippen MR) is 108 cm³/mol. The number of carboxylic acid groups (broad SMARTS) is 1. The summed E-state index contributed by atoms with van der Waals surface area (Å²) in [5, 5.41) is 18.5. The third-order valence-corrected chi connectivity index (χ3v) is 5.05. The first-order valence-corrected chi connectivity index (χ1v) is 9.64. The van der Waals surface area contributed by atoms with Crippen LogP contribution in [-0.4, -0.2) is 70.9 Å².